The molecule has 0 amide bonds. The van der Waals surface area contributed by atoms with Gasteiger partial charge in [-0.05, 0) is 12.1 Å². The van der Waals surface area contributed by atoms with Crippen molar-refractivity contribution in [1.29, 1.82) is 0 Å². The summed E-state index contributed by atoms with van der Waals surface area (Å²) in [5.41, 5.74) is 4.59. The number of quaternary nitrogens is 1. The summed E-state index contributed by atoms with van der Waals surface area (Å²) in [4.78, 5) is 15.9. The molecule has 0 saturated carbocycles. The molecule has 0 radical (unpaired) electrons. The number of aromatic nitrogens is 1. The molecule has 1 unspecified atom stereocenters. The van der Waals surface area contributed by atoms with Crippen LogP contribution in [0.4, 0.5) is 5.69 Å². The number of hydrogen-bond donors (Lipinski definition) is 3. The van der Waals surface area contributed by atoms with Gasteiger partial charge in [-0.15, -0.1) is 0 Å². The summed E-state index contributed by atoms with van der Waals surface area (Å²) in [6.45, 7) is 0.713. The molecule has 4 rings (SSSR count). The maximum Gasteiger partial charge on any atom is 0.341 e. The van der Waals surface area contributed by atoms with E-state index in [2.05, 4.69) is 23.2 Å². The maximum absolute atomic E-state index is 11.4. The normalized spacial score (nSPS) is 16.6. The molecule has 0 spiro atoms. The van der Waals surface area contributed by atoms with Crippen LogP contribution in [-0.4, -0.2) is 16.1 Å². The Morgan fingerprint density at radius 2 is 1.86 bits per heavy atom. The van der Waals surface area contributed by atoms with Gasteiger partial charge in [-0.2, -0.15) is 0 Å². The molecule has 3 N–H and O–H groups in total. The highest BCUT2D eigenvalue weighted by Gasteiger charge is 2.24. The van der Waals surface area contributed by atoms with Crippen LogP contribution in [0.3, 0.4) is 0 Å². The van der Waals surface area contributed by atoms with E-state index in [0.717, 1.165) is 21.8 Å². The average Bonchev–Trinajstić information content (AvgIpc) is 2.92. The van der Waals surface area contributed by atoms with E-state index in [1.54, 1.807) is 12.1 Å². The Hall–Kier alpha value is -2.85. The lowest BCUT2D eigenvalue weighted by atomic mass is 10.1. The number of hydrogen-bond acceptors (Lipinski definition) is 1. The van der Waals surface area contributed by atoms with E-state index in [1.165, 1.54) is 10.9 Å². The van der Waals surface area contributed by atoms with E-state index in [9.17, 15) is 9.90 Å². The zero-order chi connectivity index (χ0) is 15.1. The zero-order valence-electron chi connectivity index (χ0n) is 11.8. The fourth-order valence-corrected chi connectivity index (χ4v) is 3.12. The molecule has 1 aliphatic heterocycles. The van der Waals surface area contributed by atoms with Crippen LogP contribution in [0.5, 0.6) is 0 Å². The van der Waals surface area contributed by atoms with Crippen LogP contribution in [0.25, 0.3) is 17.0 Å². The van der Waals surface area contributed by atoms with Crippen molar-refractivity contribution in [2.75, 3.05) is 0 Å². The van der Waals surface area contributed by atoms with Crippen LogP contribution in [-0.2, 0) is 6.54 Å². The lowest BCUT2D eigenvalue weighted by Crippen LogP contribution is -3.01. The molecule has 0 aliphatic carbocycles. The standard InChI is InChI=1S/C18H14N2O2/c21-18(22)14-6-2-4-8-17(14)20-10-9-13-12-5-1-3-7-15(12)19-16(13)11-20/h1-10,19H,11H2,(H,21,22)/p+1. The number of carboxylic acid groups (broad SMARTS) is 1. The molecule has 4 heteroatoms. The third kappa shape index (κ3) is 1.93. The molecular weight excluding hydrogens is 276 g/mol. The first-order valence-electron chi connectivity index (χ1n) is 7.20. The van der Waals surface area contributed by atoms with Crippen molar-refractivity contribution in [3.8, 4) is 0 Å². The molecule has 1 aromatic heterocycles. The van der Waals surface area contributed by atoms with Crippen molar-refractivity contribution in [3.05, 3.63) is 71.6 Å². The van der Waals surface area contributed by atoms with Crippen molar-refractivity contribution < 1.29 is 14.8 Å². The van der Waals surface area contributed by atoms with Crippen molar-refractivity contribution in [2.24, 2.45) is 0 Å². The Morgan fingerprint density at radius 1 is 1.09 bits per heavy atom. The largest absolute Gasteiger partial charge is 0.477 e. The van der Waals surface area contributed by atoms with Crippen molar-refractivity contribution >= 4 is 28.6 Å². The van der Waals surface area contributed by atoms with Gasteiger partial charge in [0.1, 0.15) is 18.3 Å². The molecule has 1 atom stereocenters. The summed E-state index contributed by atoms with van der Waals surface area (Å²) in [6, 6.07) is 15.4. The van der Waals surface area contributed by atoms with Gasteiger partial charge in [0.2, 0.25) is 0 Å². The van der Waals surface area contributed by atoms with Crippen molar-refractivity contribution in [1.82, 2.24) is 4.98 Å². The number of benzene rings is 2. The summed E-state index contributed by atoms with van der Waals surface area (Å²) in [5, 5.41) is 10.6. The number of fused-ring (bicyclic) bond motifs is 3. The second-order valence-electron chi connectivity index (χ2n) is 5.45. The zero-order valence-corrected chi connectivity index (χ0v) is 11.8. The number of carboxylic acids is 1. The van der Waals surface area contributed by atoms with Gasteiger partial charge in [-0.1, -0.05) is 30.3 Å². The predicted octanol–water partition coefficient (Wildman–Crippen LogP) is 2.57. The lowest BCUT2D eigenvalue weighted by molar-refractivity contribution is -0.791. The minimum atomic E-state index is -0.890. The average molecular weight is 291 g/mol. The van der Waals surface area contributed by atoms with Gasteiger partial charge in [0.15, 0.2) is 5.69 Å². The molecule has 1 aliphatic rings. The molecular formula is C18H15N2O2+. The second-order valence-corrected chi connectivity index (χ2v) is 5.45. The topological polar surface area (TPSA) is 57.5 Å². The molecule has 2 heterocycles. The number of para-hydroxylation sites is 2. The molecule has 0 bridgehead atoms. The van der Waals surface area contributed by atoms with E-state index in [0.29, 0.717) is 12.1 Å². The van der Waals surface area contributed by atoms with E-state index in [-0.39, 0.29) is 0 Å². The SMILES string of the molecule is O=C(O)c1ccccc1[NH+]1C=Cc2c([nH]c3ccccc23)C1. The van der Waals surface area contributed by atoms with Gasteiger partial charge in [-0.3, -0.25) is 4.90 Å². The predicted molar refractivity (Wildman–Crippen MR) is 85.1 cm³/mol. The molecule has 0 saturated heterocycles. The van der Waals surface area contributed by atoms with E-state index in [4.69, 9.17) is 0 Å². The molecule has 4 nitrogen and oxygen atoms in total. The van der Waals surface area contributed by atoms with Crippen LogP contribution in [0.15, 0.2) is 54.7 Å². The van der Waals surface area contributed by atoms with Crippen molar-refractivity contribution in [3.63, 3.8) is 0 Å². The second kappa shape index (κ2) is 4.86. The van der Waals surface area contributed by atoms with Crippen LogP contribution in [0.1, 0.15) is 21.6 Å². The summed E-state index contributed by atoms with van der Waals surface area (Å²) < 4.78 is 0. The third-order valence-electron chi connectivity index (χ3n) is 4.15. The number of nitrogens with one attached hydrogen (secondary N) is 2. The highest BCUT2D eigenvalue weighted by Crippen LogP contribution is 2.25. The van der Waals surface area contributed by atoms with Gasteiger partial charge < -0.3 is 10.1 Å². The van der Waals surface area contributed by atoms with Crippen LogP contribution >= 0.6 is 0 Å². The summed E-state index contributed by atoms with van der Waals surface area (Å²) in [7, 11) is 0. The first-order chi connectivity index (χ1) is 10.7. The maximum atomic E-state index is 11.4. The quantitative estimate of drug-likeness (QED) is 0.679. The molecule has 22 heavy (non-hydrogen) atoms. The summed E-state index contributed by atoms with van der Waals surface area (Å²) in [5.74, 6) is -0.890. The Morgan fingerprint density at radius 3 is 2.73 bits per heavy atom. The van der Waals surface area contributed by atoms with Crippen LogP contribution in [0, 0.1) is 0 Å². The lowest BCUT2D eigenvalue weighted by Gasteiger charge is -2.19. The van der Waals surface area contributed by atoms with Gasteiger partial charge in [-0.25, -0.2) is 4.79 Å². The van der Waals surface area contributed by atoms with Crippen molar-refractivity contribution in [2.45, 2.75) is 6.54 Å². The summed E-state index contributed by atoms with van der Waals surface area (Å²) >= 11 is 0. The minimum Gasteiger partial charge on any atom is -0.477 e. The molecule has 3 aromatic rings. The number of H-pyrrole nitrogens is 1. The van der Waals surface area contributed by atoms with Gasteiger partial charge in [0.25, 0.3) is 0 Å². The van der Waals surface area contributed by atoms with Gasteiger partial charge >= 0.3 is 5.97 Å². The van der Waals surface area contributed by atoms with E-state index in [1.807, 2.05) is 30.5 Å². The van der Waals surface area contributed by atoms with Crippen LogP contribution in [0.2, 0.25) is 0 Å². The van der Waals surface area contributed by atoms with Crippen LogP contribution < -0.4 is 4.90 Å². The Labute approximate surface area is 127 Å². The number of rotatable bonds is 2. The number of aromatic carboxylic acids is 1. The van der Waals surface area contributed by atoms with E-state index >= 15 is 0 Å². The fraction of sp³-hybridized carbons (Fsp3) is 0.0556. The minimum absolute atomic E-state index is 0.349. The third-order valence-corrected chi connectivity index (χ3v) is 4.15. The highest BCUT2D eigenvalue weighted by molar-refractivity contribution is 5.93. The first kappa shape index (κ1) is 12.9. The fourth-order valence-electron chi connectivity index (χ4n) is 3.12. The summed E-state index contributed by atoms with van der Waals surface area (Å²) in [6.07, 6.45) is 4.11. The van der Waals surface area contributed by atoms with Gasteiger partial charge in [0, 0.05) is 28.6 Å². The molecule has 0 fully saturated rings. The monoisotopic (exact) mass is 291 g/mol. The molecule has 108 valence electrons. The number of carbonyl (C=O) groups is 1. The Kier molecular flexibility index (Phi) is 2.84. The smallest absolute Gasteiger partial charge is 0.341 e. The first-order valence-corrected chi connectivity index (χ1v) is 7.20. The highest BCUT2D eigenvalue weighted by atomic mass is 16.4. The van der Waals surface area contributed by atoms with E-state index < -0.39 is 5.97 Å². The Bertz CT molecular complexity index is 908. The molecule has 2 aromatic carbocycles. The van der Waals surface area contributed by atoms with Gasteiger partial charge in [0.05, 0.1) is 5.69 Å². The number of aromatic amines is 1. The Balaban J connectivity index is 1.79.